The molecule has 1 aromatic heterocycles. The van der Waals surface area contributed by atoms with Gasteiger partial charge in [0.15, 0.2) is 0 Å². The fraction of sp³-hybridized carbons (Fsp3) is 0.583. The molecule has 4 heteroatoms. The summed E-state index contributed by atoms with van der Waals surface area (Å²) in [6.07, 6.45) is 2.15. The minimum atomic E-state index is -0.191. The van der Waals surface area contributed by atoms with Crippen LogP contribution in [0, 0.1) is 5.92 Å². The van der Waals surface area contributed by atoms with Crippen LogP contribution in [0.1, 0.15) is 18.5 Å². The highest BCUT2D eigenvalue weighted by Gasteiger charge is 2.30. The highest BCUT2D eigenvalue weighted by Crippen LogP contribution is 2.32. The molecule has 0 amide bonds. The van der Waals surface area contributed by atoms with Crippen molar-refractivity contribution in [1.82, 2.24) is 9.88 Å². The van der Waals surface area contributed by atoms with Gasteiger partial charge in [0.05, 0.1) is 11.8 Å². The first-order chi connectivity index (χ1) is 7.65. The average Bonchev–Trinajstić information content (AvgIpc) is 2.99. The molecule has 1 aromatic rings. The van der Waals surface area contributed by atoms with Crippen LogP contribution >= 0.6 is 11.6 Å². The van der Waals surface area contributed by atoms with Crippen LogP contribution in [-0.4, -0.2) is 34.7 Å². The monoisotopic (exact) mass is 240 g/mol. The molecule has 1 aliphatic carbocycles. The van der Waals surface area contributed by atoms with E-state index in [1.807, 2.05) is 19.2 Å². The first kappa shape index (κ1) is 11.8. The van der Waals surface area contributed by atoms with Crippen LogP contribution in [0.15, 0.2) is 18.2 Å². The fourth-order valence-electron chi connectivity index (χ4n) is 1.83. The van der Waals surface area contributed by atoms with Crippen molar-refractivity contribution in [1.29, 1.82) is 0 Å². The number of rotatable bonds is 5. The van der Waals surface area contributed by atoms with Gasteiger partial charge in [0.1, 0.15) is 5.15 Å². The minimum absolute atomic E-state index is 0.191. The van der Waals surface area contributed by atoms with Gasteiger partial charge in [-0.2, -0.15) is 0 Å². The zero-order valence-corrected chi connectivity index (χ0v) is 10.2. The van der Waals surface area contributed by atoms with Gasteiger partial charge in [-0.3, -0.25) is 4.90 Å². The van der Waals surface area contributed by atoms with Crippen LogP contribution in [0.3, 0.4) is 0 Å². The maximum absolute atomic E-state index is 9.80. The van der Waals surface area contributed by atoms with E-state index in [-0.39, 0.29) is 6.10 Å². The predicted molar refractivity (Wildman–Crippen MR) is 64.3 cm³/mol. The maximum atomic E-state index is 9.80. The lowest BCUT2D eigenvalue weighted by molar-refractivity contribution is 0.104. The van der Waals surface area contributed by atoms with Crippen LogP contribution in [0.5, 0.6) is 0 Å². The molecule has 1 fully saturated rings. The number of aliphatic hydroxyl groups excluding tert-OH is 1. The van der Waals surface area contributed by atoms with E-state index in [0.29, 0.717) is 17.6 Å². The highest BCUT2D eigenvalue weighted by molar-refractivity contribution is 6.29. The summed E-state index contributed by atoms with van der Waals surface area (Å²) < 4.78 is 0. The van der Waals surface area contributed by atoms with Crippen molar-refractivity contribution in [3.05, 3.63) is 29.0 Å². The molecular weight excluding hydrogens is 224 g/mol. The SMILES string of the molecule is CN(Cc1cccc(Cl)n1)CC(O)C1CC1. The fourth-order valence-corrected chi connectivity index (χ4v) is 2.01. The zero-order valence-electron chi connectivity index (χ0n) is 9.43. The van der Waals surface area contributed by atoms with Crippen LogP contribution in [-0.2, 0) is 6.54 Å². The van der Waals surface area contributed by atoms with Crippen LogP contribution in [0.25, 0.3) is 0 Å². The van der Waals surface area contributed by atoms with Gasteiger partial charge in [-0.15, -0.1) is 0 Å². The Hall–Kier alpha value is -0.640. The molecule has 2 rings (SSSR count). The molecule has 1 aliphatic rings. The van der Waals surface area contributed by atoms with Crippen molar-refractivity contribution in [2.24, 2.45) is 5.92 Å². The molecule has 88 valence electrons. The summed E-state index contributed by atoms with van der Waals surface area (Å²) >= 11 is 5.82. The predicted octanol–water partition coefficient (Wildman–Crippen LogP) is 1.94. The Morgan fingerprint density at radius 2 is 2.31 bits per heavy atom. The second-order valence-corrected chi connectivity index (χ2v) is 4.94. The molecule has 1 unspecified atom stereocenters. The van der Waals surface area contributed by atoms with Gasteiger partial charge in [-0.05, 0) is 37.9 Å². The number of hydrogen-bond acceptors (Lipinski definition) is 3. The summed E-state index contributed by atoms with van der Waals surface area (Å²) in [6.45, 7) is 1.43. The third-order valence-electron chi connectivity index (χ3n) is 2.87. The molecule has 0 radical (unpaired) electrons. The van der Waals surface area contributed by atoms with E-state index in [9.17, 15) is 5.11 Å². The molecule has 16 heavy (non-hydrogen) atoms. The molecule has 0 aliphatic heterocycles. The normalized spacial score (nSPS) is 17.8. The molecule has 0 bridgehead atoms. The Morgan fingerprint density at radius 1 is 1.56 bits per heavy atom. The molecule has 3 nitrogen and oxygen atoms in total. The Labute approximate surface area is 101 Å². The Morgan fingerprint density at radius 3 is 2.94 bits per heavy atom. The first-order valence-electron chi connectivity index (χ1n) is 5.63. The lowest BCUT2D eigenvalue weighted by atomic mass is 10.2. The van der Waals surface area contributed by atoms with E-state index in [1.165, 1.54) is 12.8 Å². The van der Waals surface area contributed by atoms with E-state index < -0.39 is 0 Å². The molecule has 0 spiro atoms. The number of halogens is 1. The van der Waals surface area contributed by atoms with Crippen LogP contribution < -0.4 is 0 Å². The summed E-state index contributed by atoms with van der Waals surface area (Å²) in [5, 5.41) is 10.3. The first-order valence-corrected chi connectivity index (χ1v) is 6.01. The van der Waals surface area contributed by atoms with Crippen LogP contribution in [0.4, 0.5) is 0 Å². The van der Waals surface area contributed by atoms with E-state index in [2.05, 4.69) is 9.88 Å². The maximum Gasteiger partial charge on any atom is 0.129 e. The minimum Gasteiger partial charge on any atom is -0.392 e. The summed E-state index contributed by atoms with van der Waals surface area (Å²) in [6, 6.07) is 5.62. The molecule has 1 heterocycles. The van der Waals surface area contributed by atoms with E-state index in [1.54, 1.807) is 6.07 Å². The Kier molecular flexibility index (Phi) is 3.79. The van der Waals surface area contributed by atoms with Crippen molar-refractivity contribution < 1.29 is 5.11 Å². The zero-order chi connectivity index (χ0) is 11.5. The topological polar surface area (TPSA) is 36.4 Å². The third-order valence-corrected chi connectivity index (χ3v) is 3.08. The van der Waals surface area contributed by atoms with Crippen molar-refractivity contribution in [3.63, 3.8) is 0 Å². The summed E-state index contributed by atoms with van der Waals surface area (Å²) in [7, 11) is 1.99. The van der Waals surface area contributed by atoms with Gasteiger partial charge >= 0.3 is 0 Å². The average molecular weight is 241 g/mol. The molecule has 0 saturated heterocycles. The summed E-state index contributed by atoms with van der Waals surface area (Å²) in [5.41, 5.74) is 0.943. The number of nitrogens with zero attached hydrogens (tertiary/aromatic N) is 2. The van der Waals surface area contributed by atoms with Crippen molar-refractivity contribution in [2.75, 3.05) is 13.6 Å². The van der Waals surface area contributed by atoms with Crippen molar-refractivity contribution in [2.45, 2.75) is 25.5 Å². The third kappa shape index (κ3) is 3.44. The van der Waals surface area contributed by atoms with Gasteiger partial charge in [0.2, 0.25) is 0 Å². The van der Waals surface area contributed by atoms with Crippen molar-refractivity contribution >= 4 is 11.6 Å². The van der Waals surface area contributed by atoms with E-state index >= 15 is 0 Å². The lowest BCUT2D eigenvalue weighted by Crippen LogP contribution is -2.30. The molecule has 1 saturated carbocycles. The lowest BCUT2D eigenvalue weighted by Gasteiger charge is -2.19. The number of aromatic nitrogens is 1. The highest BCUT2D eigenvalue weighted by atomic mass is 35.5. The molecule has 1 N–H and O–H groups in total. The van der Waals surface area contributed by atoms with Gasteiger partial charge in [-0.25, -0.2) is 4.98 Å². The molecule has 0 aromatic carbocycles. The van der Waals surface area contributed by atoms with Crippen LogP contribution in [0.2, 0.25) is 5.15 Å². The van der Waals surface area contributed by atoms with E-state index in [4.69, 9.17) is 11.6 Å². The Bertz CT molecular complexity index is 355. The Balaban J connectivity index is 1.83. The second kappa shape index (κ2) is 5.13. The second-order valence-electron chi connectivity index (χ2n) is 4.55. The summed E-state index contributed by atoms with van der Waals surface area (Å²) in [4.78, 5) is 6.31. The summed E-state index contributed by atoms with van der Waals surface area (Å²) in [5.74, 6) is 0.523. The van der Waals surface area contributed by atoms with Crippen molar-refractivity contribution in [3.8, 4) is 0 Å². The standard InChI is InChI=1S/C12H17ClN2O/c1-15(8-11(16)9-5-6-9)7-10-3-2-4-12(13)14-10/h2-4,9,11,16H,5-8H2,1H3. The van der Waals surface area contributed by atoms with Gasteiger partial charge in [0.25, 0.3) is 0 Å². The molecule has 1 atom stereocenters. The van der Waals surface area contributed by atoms with E-state index in [0.717, 1.165) is 12.2 Å². The number of aliphatic hydroxyl groups is 1. The largest absolute Gasteiger partial charge is 0.392 e. The smallest absolute Gasteiger partial charge is 0.129 e. The molecular formula is C12H17ClN2O. The number of likely N-dealkylation sites (N-methyl/N-ethyl adjacent to an activating group) is 1. The number of pyridine rings is 1. The number of hydrogen-bond donors (Lipinski definition) is 1. The quantitative estimate of drug-likeness (QED) is 0.800. The van der Waals surface area contributed by atoms with Gasteiger partial charge in [0, 0.05) is 13.1 Å². The van der Waals surface area contributed by atoms with Gasteiger partial charge < -0.3 is 5.11 Å². The van der Waals surface area contributed by atoms with Gasteiger partial charge in [-0.1, -0.05) is 17.7 Å².